The molecule has 1 amide bonds. The lowest BCUT2D eigenvalue weighted by Crippen LogP contribution is -2.53. The van der Waals surface area contributed by atoms with Gasteiger partial charge < -0.3 is 10.1 Å². The summed E-state index contributed by atoms with van der Waals surface area (Å²) in [7, 11) is 0. The summed E-state index contributed by atoms with van der Waals surface area (Å²) in [6, 6.07) is 3.76. The van der Waals surface area contributed by atoms with Crippen LogP contribution < -0.4 is 5.32 Å². The van der Waals surface area contributed by atoms with E-state index in [4.69, 9.17) is 16.3 Å². The van der Waals surface area contributed by atoms with Crippen molar-refractivity contribution in [2.24, 2.45) is 17.3 Å². The lowest BCUT2D eigenvalue weighted by atomic mass is 9.49. The highest BCUT2D eigenvalue weighted by molar-refractivity contribution is 9.10. The van der Waals surface area contributed by atoms with Crippen LogP contribution in [-0.2, 0) is 14.3 Å². The maximum absolute atomic E-state index is 12.5. The monoisotopic (exact) mass is 467 g/mol. The number of ether oxygens (including phenoxy) is 1. The molecule has 1 aromatic carbocycles. The van der Waals surface area contributed by atoms with Crippen LogP contribution in [0.2, 0.25) is 5.02 Å². The number of aryl methyl sites for hydroxylation is 2. The highest BCUT2D eigenvalue weighted by atomic mass is 79.9. The van der Waals surface area contributed by atoms with E-state index in [1.165, 1.54) is 19.3 Å². The van der Waals surface area contributed by atoms with Crippen LogP contribution in [0.4, 0.5) is 5.69 Å². The van der Waals surface area contributed by atoms with Crippen molar-refractivity contribution in [2.75, 3.05) is 11.9 Å². The van der Waals surface area contributed by atoms with Gasteiger partial charge in [0.25, 0.3) is 5.91 Å². The number of alkyl halides is 1. The summed E-state index contributed by atoms with van der Waals surface area (Å²) in [6.07, 6.45) is 7.49. The summed E-state index contributed by atoms with van der Waals surface area (Å²) in [5, 5.41) is 3.26. The van der Waals surface area contributed by atoms with Crippen LogP contribution in [0.25, 0.3) is 0 Å². The number of hydrogen-bond acceptors (Lipinski definition) is 3. The third kappa shape index (κ3) is 4.11. The Labute approximate surface area is 179 Å². The Morgan fingerprint density at radius 2 is 1.89 bits per heavy atom. The van der Waals surface area contributed by atoms with Crippen LogP contribution in [0, 0.1) is 31.1 Å². The van der Waals surface area contributed by atoms with Crippen LogP contribution in [-0.4, -0.2) is 22.8 Å². The van der Waals surface area contributed by atoms with Gasteiger partial charge in [0, 0.05) is 4.32 Å². The molecule has 28 heavy (non-hydrogen) atoms. The first-order valence-electron chi connectivity index (χ1n) is 10.1. The molecule has 1 N–H and O–H groups in total. The number of carbonyl (C=O) groups is 2. The third-order valence-corrected chi connectivity index (χ3v) is 7.92. The lowest BCUT2D eigenvalue weighted by Gasteiger charge is -2.60. The molecule has 2 atom stereocenters. The molecule has 0 spiro atoms. The number of carbonyl (C=O) groups excluding carboxylic acids is 2. The molecule has 0 unspecified atom stereocenters. The summed E-state index contributed by atoms with van der Waals surface area (Å²) < 4.78 is 5.56. The molecule has 4 nitrogen and oxygen atoms in total. The largest absolute Gasteiger partial charge is 0.456 e. The zero-order valence-corrected chi connectivity index (χ0v) is 18.8. The molecular weight excluding hydrogens is 442 g/mol. The molecule has 0 radical (unpaired) electrons. The fourth-order valence-corrected chi connectivity index (χ4v) is 8.17. The van der Waals surface area contributed by atoms with Crippen LogP contribution >= 0.6 is 27.5 Å². The predicted molar refractivity (Wildman–Crippen MR) is 114 cm³/mol. The van der Waals surface area contributed by atoms with Gasteiger partial charge in [0.05, 0.1) is 17.1 Å². The van der Waals surface area contributed by atoms with Crippen molar-refractivity contribution in [3.8, 4) is 0 Å². The number of anilines is 1. The number of benzene rings is 1. The molecular formula is C22H27BrClNO3. The summed E-state index contributed by atoms with van der Waals surface area (Å²) in [5.74, 6) is 0.830. The molecule has 4 aliphatic carbocycles. The Bertz CT molecular complexity index is 787. The van der Waals surface area contributed by atoms with E-state index >= 15 is 0 Å². The van der Waals surface area contributed by atoms with Gasteiger partial charge in [0.15, 0.2) is 6.61 Å². The van der Waals surface area contributed by atoms with E-state index in [-0.39, 0.29) is 28.2 Å². The fraction of sp³-hybridized carbons (Fsp3) is 0.636. The number of esters is 1. The van der Waals surface area contributed by atoms with Gasteiger partial charge in [-0.05, 0) is 86.8 Å². The van der Waals surface area contributed by atoms with Gasteiger partial charge in [-0.2, -0.15) is 0 Å². The van der Waals surface area contributed by atoms with E-state index in [9.17, 15) is 9.59 Å². The van der Waals surface area contributed by atoms with E-state index in [0.717, 1.165) is 42.2 Å². The third-order valence-electron chi connectivity index (χ3n) is 6.69. The molecule has 0 saturated heterocycles. The molecule has 6 heteroatoms. The molecule has 152 valence electrons. The van der Waals surface area contributed by atoms with Gasteiger partial charge in [-0.1, -0.05) is 33.6 Å². The van der Waals surface area contributed by atoms with Gasteiger partial charge in [-0.3, -0.25) is 9.59 Å². The van der Waals surface area contributed by atoms with E-state index in [2.05, 4.69) is 21.2 Å². The first-order chi connectivity index (χ1) is 13.2. The van der Waals surface area contributed by atoms with Gasteiger partial charge in [-0.15, -0.1) is 0 Å². The van der Waals surface area contributed by atoms with Gasteiger partial charge >= 0.3 is 5.97 Å². The minimum Gasteiger partial charge on any atom is -0.456 e. The minimum atomic E-state index is -0.357. The number of nitrogens with one attached hydrogen (secondary N) is 1. The number of amides is 1. The van der Waals surface area contributed by atoms with Gasteiger partial charge in [0.2, 0.25) is 0 Å². The Kier molecular flexibility index (Phi) is 5.28. The second-order valence-corrected chi connectivity index (χ2v) is 11.5. The van der Waals surface area contributed by atoms with Crippen molar-refractivity contribution in [2.45, 2.75) is 63.1 Å². The molecule has 1 aromatic rings. The smallest absolute Gasteiger partial charge is 0.306 e. The molecule has 4 bridgehead atoms. The summed E-state index contributed by atoms with van der Waals surface area (Å²) in [5.41, 5.74) is 2.56. The van der Waals surface area contributed by atoms with Gasteiger partial charge in [-0.25, -0.2) is 0 Å². The highest BCUT2D eigenvalue weighted by Crippen LogP contribution is 2.65. The standard InChI is InChI=1S/C22H27BrClNO3/c1-13-3-14(2)20(17(24)4-13)25-18(26)11-28-19(27)10-21-6-15-5-16(7-21)9-22(23,8-15)12-21/h3-4,15-16H,5-12H2,1-2H3,(H,25,26)/t15-,16-,21?,22?/m0/s1. The molecule has 0 aliphatic heterocycles. The van der Waals surface area contributed by atoms with Crippen molar-refractivity contribution in [1.82, 2.24) is 0 Å². The zero-order valence-electron chi connectivity index (χ0n) is 16.4. The van der Waals surface area contributed by atoms with E-state index < -0.39 is 0 Å². The molecule has 4 aliphatic rings. The quantitative estimate of drug-likeness (QED) is 0.454. The summed E-state index contributed by atoms with van der Waals surface area (Å²) in [4.78, 5) is 24.8. The van der Waals surface area contributed by atoms with Crippen LogP contribution in [0.1, 0.15) is 56.1 Å². The summed E-state index contributed by atoms with van der Waals surface area (Å²) >= 11 is 10.2. The normalized spacial score (nSPS) is 33.0. The molecule has 5 rings (SSSR count). The predicted octanol–water partition coefficient (Wildman–Crippen LogP) is 5.56. The van der Waals surface area contributed by atoms with Crippen molar-refractivity contribution >= 4 is 45.1 Å². The lowest BCUT2D eigenvalue weighted by molar-refractivity contribution is -0.153. The summed E-state index contributed by atoms with van der Waals surface area (Å²) in [6.45, 7) is 3.57. The Hall–Kier alpha value is -1.07. The first-order valence-corrected chi connectivity index (χ1v) is 11.2. The zero-order chi connectivity index (χ0) is 20.1. The van der Waals surface area contributed by atoms with E-state index in [1.54, 1.807) is 6.07 Å². The Morgan fingerprint density at radius 1 is 1.21 bits per heavy atom. The van der Waals surface area contributed by atoms with Crippen LogP contribution in [0.3, 0.4) is 0 Å². The highest BCUT2D eigenvalue weighted by Gasteiger charge is 2.57. The average molecular weight is 469 g/mol. The van der Waals surface area contributed by atoms with Crippen molar-refractivity contribution in [3.63, 3.8) is 0 Å². The maximum Gasteiger partial charge on any atom is 0.306 e. The van der Waals surface area contributed by atoms with Gasteiger partial charge in [0.1, 0.15) is 0 Å². The minimum absolute atomic E-state index is 0.0536. The average Bonchev–Trinajstić information content (AvgIpc) is 2.53. The molecule has 4 fully saturated rings. The number of rotatable bonds is 5. The number of hydrogen-bond donors (Lipinski definition) is 1. The van der Waals surface area contributed by atoms with Crippen molar-refractivity contribution in [3.05, 3.63) is 28.3 Å². The van der Waals surface area contributed by atoms with E-state index in [1.807, 2.05) is 19.9 Å². The van der Waals surface area contributed by atoms with Crippen molar-refractivity contribution in [1.29, 1.82) is 0 Å². The van der Waals surface area contributed by atoms with Crippen molar-refractivity contribution < 1.29 is 14.3 Å². The van der Waals surface area contributed by atoms with Crippen LogP contribution in [0.5, 0.6) is 0 Å². The molecule has 4 saturated carbocycles. The SMILES string of the molecule is Cc1cc(C)c(NC(=O)COC(=O)CC23C[C@@H]4C[C@H](CC(Br)(C4)C2)C3)c(Cl)c1. The number of halogens is 2. The Morgan fingerprint density at radius 3 is 2.50 bits per heavy atom. The molecule has 0 aromatic heterocycles. The Balaban J connectivity index is 1.32. The molecule has 0 heterocycles. The fourth-order valence-electron chi connectivity index (χ4n) is 6.30. The maximum atomic E-state index is 12.5. The second-order valence-electron chi connectivity index (χ2n) is 9.44. The van der Waals surface area contributed by atoms with Crippen LogP contribution in [0.15, 0.2) is 12.1 Å². The first kappa shape index (κ1) is 20.2. The second kappa shape index (κ2) is 7.32. The van der Waals surface area contributed by atoms with E-state index in [0.29, 0.717) is 17.1 Å². The topological polar surface area (TPSA) is 55.4 Å².